The molecule has 1 N–H and O–H groups in total. The topological polar surface area (TPSA) is 52.5 Å². The molecule has 0 amide bonds. The first kappa shape index (κ1) is 16.8. The SMILES string of the molecule is Cc1ccc(N2CCCN(CC(O)c3ccccc3F)CC2)nn1. The molecule has 1 aromatic carbocycles. The van der Waals surface area contributed by atoms with Gasteiger partial charge in [0.2, 0.25) is 0 Å². The predicted octanol–water partition coefficient (Wildman–Crippen LogP) is 2.17. The van der Waals surface area contributed by atoms with Crippen LogP contribution in [0.3, 0.4) is 0 Å². The third kappa shape index (κ3) is 4.07. The number of hydrogen-bond acceptors (Lipinski definition) is 5. The van der Waals surface area contributed by atoms with E-state index in [9.17, 15) is 9.50 Å². The molecule has 3 rings (SSSR count). The van der Waals surface area contributed by atoms with Gasteiger partial charge in [0.25, 0.3) is 0 Å². The first-order valence-corrected chi connectivity index (χ1v) is 8.33. The van der Waals surface area contributed by atoms with Gasteiger partial charge in [-0.3, -0.25) is 4.90 Å². The van der Waals surface area contributed by atoms with Gasteiger partial charge in [-0.15, -0.1) is 5.10 Å². The number of rotatable bonds is 4. The number of aliphatic hydroxyl groups is 1. The summed E-state index contributed by atoms with van der Waals surface area (Å²) >= 11 is 0. The van der Waals surface area contributed by atoms with Crippen LogP contribution in [0.5, 0.6) is 0 Å². The van der Waals surface area contributed by atoms with Crippen molar-refractivity contribution in [2.75, 3.05) is 37.6 Å². The Kier molecular flexibility index (Phi) is 5.37. The second-order valence-electron chi connectivity index (χ2n) is 6.21. The van der Waals surface area contributed by atoms with Gasteiger partial charge < -0.3 is 10.0 Å². The first-order chi connectivity index (χ1) is 11.6. The lowest BCUT2D eigenvalue weighted by atomic mass is 10.1. The van der Waals surface area contributed by atoms with Crippen molar-refractivity contribution < 1.29 is 9.50 Å². The molecule has 1 unspecified atom stereocenters. The van der Waals surface area contributed by atoms with E-state index in [4.69, 9.17) is 0 Å². The van der Waals surface area contributed by atoms with Crippen molar-refractivity contribution in [3.63, 3.8) is 0 Å². The second-order valence-corrected chi connectivity index (χ2v) is 6.21. The van der Waals surface area contributed by atoms with Crippen LogP contribution in [-0.2, 0) is 0 Å². The number of nitrogens with zero attached hydrogens (tertiary/aromatic N) is 4. The lowest BCUT2D eigenvalue weighted by molar-refractivity contribution is 0.114. The van der Waals surface area contributed by atoms with E-state index in [1.165, 1.54) is 6.07 Å². The minimum absolute atomic E-state index is 0.351. The average molecular weight is 330 g/mol. The molecule has 24 heavy (non-hydrogen) atoms. The Bertz CT molecular complexity index is 664. The van der Waals surface area contributed by atoms with E-state index in [-0.39, 0.29) is 5.82 Å². The highest BCUT2D eigenvalue weighted by Gasteiger charge is 2.20. The summed E-state index contributed by atoms with van der Waals surface area (Å²) in [4.78, 5) is 4.39. The van der Waals surface area contributed by atoms with Crippen LogP contribution in [0.25, 0.3) is 0 Å². The number of β-amino-alcohol motifs (C(OH)–C–C–N with tert-alkyl or cyclic N) is 1. The number of halogens is 1. The standard InChI is InChI=1S/C18H23FN4O/c1-14-7-8-18(21-20-14)23-10-4-9-22(11-12-23)13-17(24)15-5-2-3-6-16(15)19/h2-3,5-8,17,24H,4,9-13H2,1H3. The van der Waals surface area contributed by atoms with E-state index in [0.29, 0.717) is 12.1 Å². The molecule has 0 aliphatic carbocycles. The first-order valence-electron chi connectivity index (χ1n) is 8.33. The number of anilines is 1. The molecule has 0 spiro atoms. The molecule has 0 radical (unpaired) electrons. The van der Waals surface area contributed by atoms with E-state index in [0.717, 1.165) is 44.1 Å². The summed E-state index contributed by atoms with van der Waals surface area (Å²) in [5.41, 5.74) is 1.27. The van der Waals surface area contributed by atoms with Gasteiger partial charge in [0.05, 0.1) is 11.8 Å². The second kappa shape index (κ2) is 7.68. The van der Waals surface area contributed by atoms with Gasteiger partial charge in [-0.1, -0.05) is 18.2 Å². The molecule has 1 aliphatic heterocycles. The fraction of sp³-hybridized carbons (Fsp3) is 0.444. The summed E-state index contributed by atoms with van der Waals surface area (Å²) in [6, 6.07) is 10.4. The lowest BCUT2D eigenvalue weighted by Crippen LogP contribution is -2.34. The average Bonchev–Trinajstić information content (AvgIpc) is 2.81. The van der Waals surface area contributed by atoms with E-state index < -0.39 is 6.10 Å². The van der Waals surface area contributed by atoms with E-state index >= 15 is 0 Å². The van der Waals surface area contributed by atoms with E-state index in [1.54, 1.807) is 18.2 Å². The molecule has 2 aromatic rings. The summed E-state index contributed by atoms with van der Waals surface area (Å²) in [6.45, 7) is 5.77. The Balaban J connectivity index is 1.59. The molecular weight excluding hydrogens is 307 g/mol. The van der Waals surface area contributed by atoms with Gasteiger partial charge in [-0.2, -0.15) is 5.10 Å². The van der Waals surface area contributed by atoms with Crippen molar-refractivity contribution in [2.45, 2.75) is 19.4 Å². The Hall–Kier alpha value is -2.05. The quantitative estimate of drug-likeness (QED) is 0.931. The van der Waals surface area contributed by atoms with Crippen molar-refractivity contribution in [1.82, 2.24) is 15.1 Å². The Morgan fingerprint density at radius 3 is 2.67 bits per heavy atom. The minimum Gasteiger partial charge on any atom is -0.387 e. The monoisotopic (exact) mass is 330 g/mol. The van der Waals surface area contributed by atoms with Crippen LogP contribution in [0.15, 0.2) is 36.4 Å². The van der Waals surface area contributed by atoms with Crippen molar-refractivity contribution >= 4 is 5.82 Å². The molecule has 1 aromatic heterocycles. The van der Waals surface area contributed by atoms with Crippen molar-refractivity contribution in [2.24, 2.45) is 0 Å². The van der Waals surface area contributed by atoms with Crippen LogP contribution in [0.4, 0.5) is 10.2 Å². The zero-order valence-electron chi connectivity index (χ0n) is 13.9. The van der Waals surface area contributed by atoms with Crippen LogP contribution >= 0.6 is 0 Å². The molecule has 0 saturated carbocycles. The summed E-state index contributed by atoms with van der Waals surface area (Å²) in [5, 5.41) is 18.7. The number of hydrogen-bond donors (Lipinski definition) is 1. The van der Waals surface area contributed by atoms with Crippen molar-refractivity contribution in [3.05, 3.63) is 53.5 Å². The van der Waals surface area contributed by atoms with Crippen LogP contribution < -0.4 is 4.90 Å². The predicted molar refractivity (Wildman–Crippen MR) is 91.4 cm³/mol. The third-order valence-corrected chi connectivity index (χ3v) is 4.39. The maximum absolute atomic E-state index is 13.8. The molecule has 1 fully saturated rings. The Morgan fingerprint density at radius 2 is 1.92 bits per heavy atom. The Labute approximate surface area is 141 Å². The van der Waals surface area contributed by atoms with E-state index in [2.05, 4.69) is 20.0 Å². The molecule has 5 nitrogen and oxygen atoms in total. The lowest BCUT2D eigenvalue weighted by Gasteiger charge is -2.24. The van der Waals surface area contributed by atoms with Crippen LogP contribution in [0, 0.1) is 12.7 Å². The van der Waals surface area contributed by atoms with Gasteiger partial charge in [-0.25, -0.2) is 4.39 Å². The highest BCUT2D eigenvalue weighted by Crippen LogP contribution is 2.19. The molecular formula is C18H23FN4O. The zero-order chi connectivity index (χ0) is 16.9. The largest absolute Gasteiger partial charge is 0.387 e. The van der Waals surface area contributed by atoms with Crippen molar-refractivity contribution in [3.8, 4) is 0 Å². The molecule has 2 heterocycles. The summed E-state index contributed by atoms with van der Waals surface area (Å²) in [5.74, 6) is 0.536. The van der Waals surface area contributed by atoms with Gasteiger partial charge >= 0.3 is 0 Å². The number of aromatic nitrogens is 2. The third-order valence-electron chi connectivity index (χ3n) is 4.39. The Morgan fingerprint density at radius 1 is 1.08 bits per heavy atom. The molecule has 0 bridgehead atoms. The van der Waals surface area contributed by atoms with Crippen molar-refractivity contribution in [1.29, 1.82) is 0 Å². The van der Waals surface area contributed by atoms with E-state index in [1.807, 2.05) is 19.1 Å². The minimum atomic E-state index is -0.808. The van der Waals surface area contributed by atoms with Gasteiger partial charge in [0, 0.05) is 38.3 Å². The smallest absolute Gasteiger partial charge is 0.151 e. The van der Waals surface area contributed by atoms with Gasteiger partial charge in [0.1, 0.15) is 5.82 Å². The molecule has 1 aliphatic rings. The number of benzene rings is 1. The highest BCUT2D eigenvalue weighted by molar-refractivity contribution is 5.37. The molecule has 128 valence electrons. The molecule has 6 heteroatoms. The molecule has 1 saturated heterocycles. The highest BCUT2D eigenvalue weighted by atomic mass is 19.1. The zero-order valence-corrected chi connectivity index (χ0v) is 13.9. The summed E-state index contributed by atoms with van der Waals surface area (Å²) in [7, 11) is 0. The van der Waals surface area contributed by atoms with Crippen LogP contribution in [0.1, 0.15) is 23.8 Å². The van der Waals surface area contributed by atoms with Crippen LogP contribution in [0.2, 0.25) is 0 Å². The normalized spacial score (nSPS) is 17.5. The van der Waals surface area contributed by atoms with Gasteiger partial charge in [0.15, 0.2) is 5.82 Å². The van der Waals surface area contributed by atoms with Crippen LogP contribution in [-0.4, -0.2) is 52.9 Å². The summed E-state index contributed by atoms with van der Waals surface area (Å²) in [6.07, 6.45) is 0.163. The maximum atomic E-state index is 13.8. The maximum Gasteiger partial charge on any atom is 0.151 e. The summed E-state index contributed by atoms with van der Waals surface area (Å²) < 4.78 is 13.8. The molecule has 1 atom stereocenters. The number of aryl methyl sites for hydroxylation is 1. The fourth-order valence-electron chi connectivity index (χ4n) is 3.03. The van der Waals surface area contributed by atoms with Gasteiger partial charge in [-0.05, 0) is 31.5 Å². The number of aliphatic hydroxyl groups excluding tert-OH is 1. The fourth-order valence-corrected chi connectivity index (χ4v) is 3.03.